The van der Waals surface area contributed by atoms with Crippen LogP contribution in [0, 0.1) is 0 Å². The number of hydrogen-bond donors (Lipinski definition) is 1. The molecule has 17 heavy (non-hydrogen) atoms. The fourth-order valence-electron chi connectivity index (χ4n) is 1.68. The lowest BCUT2D eigenvalue weighted by molar-refractivity contribution is -0.0147. The van der Waals surface area contributed by atoms with Crippen LogP contribution in [0.25, 0.3) is 0 Å². The molecule has 0 aromatic heterocycles. The second kappa shape index (κ2) is 5.13. The van der Waals surface area contributed by atoms with Crippen LogP contribution in [0.5, 0.6) is 0 Å². The normalized spacial score (nSPS) is 12.8. The second-order valence-corrected chi connectivity index (χ2v) is 5.43. The highest BCUT2D eigenvalue weighted by Crippen LogP contribution is 2.34. The van der Waals surface area contributed by atoms with E-state index < -0.39 is 5.92 Å². The van der Waals surface area contributed by atoms with Crippen LogP contribution in [-0.2, 0) is 11.3 Å². The number of alkyl halides is 2. The predicted molar refractivity (Wildman–Crippen MR) is 67.3 cm³/mol. The van der Waals surface area contributed by atoms with Crippen molar-refractivity contribution < 1.29 is 8.78 Å². The van der Waals surface area contributed by atoms with Gasteiger partial charge in [-0.3, -0.25) is 0 Å². The van der Waals surface area contributed by atoms with Crippen LogP contribution in [-0.4, -0.2) is 6.54 Å². The maximum atomic E-state index is 13.9. The quantitative estimate of drug-likeness (QED) is 0.852. The first-order valence-electron chi connectivity index (χ1n) is 5.96. The summed E-state index contributed by atoms with van der Waals surface area (Å²) in [5, 5.41) is 0. The molecule has 0 unspecified atom stereocenters. The first-order valence-corrected chi connectivity index (χ1v) is 5.96. The van der Waals surface area contributed by atoms with Crippen LogP contribution in [0.4, 0.5) is 8.78 Å². The Morgan fingerprint density at radius 2 is 1.71 bits per heavy atom. The van der Waals surface area contributed by atoms with Gasteiger partial charge in [-0.2, -0.15) is 0 Å². The van der Waals surface area contributed by atoms with Gasteiger partial charge in [-0.1, -0.05) is 39.0 Å². The number of benzene rings is 1. The van der Waals surface area contributed by atoms with Crippen LogP contribution in [0.3, 0.4) is 0 Å². The first-order chi connectivity index (χ1) is 7.77. The van der Waals surface area contributed by atoms with E-state index in [0.29, 0.717) is 13.0 Å². The Morgan fingerprint density at radius 3 is 2.24 bits per heavy atom. The van der Waals surface area contributed by atoms with Gasteiger partial charge in [0, 0.05) is 12.0 Å². The van der Waals surface area contributed by atoms with E-state index in [1.54, 1.807) is 12.1 Å². The summed E-state index contributed by atoms with van der Waals surface area (Å²) >= 11 is 0. The minimum atomic E-state index is -2.78. The summed E-state index contributed by atoms with van der Waals surface area (Å²) in [4.78, 5) is 0. The number of halogens is 2. The molecule has 0 spiro atoms. The molecule has 2 N–H and O–H groups in total. The second-order valence-electron chi connectivity index (χ2n) is 5.43. The zero-order valence-corrected chi connectivity index (χ0v) is 10.8. The van der Waals surface area contributed by atoms with E-state index in [9.17, 15) is 8.78 Å². The molecule has 1 aromatic rings. The minimum absolute atomic E-state index is 0.0957. The average molecular weight is 241 g/mol. The van der Waals surface area contributed by atoms with Gasteiger partial charge in [-0.05, 0) is 30.0 Å². The van der Waals surface area contributed by atoms with Gasteiger partial charge in [-0.25, -0.2) is 8.78 Å². The zero-order chi connectivity index (χ0) is 13.1. The molecule has 1 rings (SSSR count). The van der Waals surface area contributed by atoms with Crippen LogP contribution in [0.15, 0.2) is 24.3 Å². The van der Waals surface area contributed by atoms with Crippen molar-refractivity contribution in [3.05, 3.63) is 35.4 Å². The molecule has 0 amide bonds. The zero-order valence-electron chi connectivity index (χ0n) is 10.8. The van der Waals surface area contributed by atoms with E-state index in [2.05, 4.69) is 0 Å². The molecule has 0 aliphatic rings. The van der Waals surface area contributed by atoms with E-state index in [4.69, 9.17) is 5.73 Å². The Morgan fingerprint density at radius 1 is 1.12 bits per heavy atom. The third-order valence-electron chi connectivity index (χ3n) is 2.85. The highest BCUT2D eigenvalue weighted by atomic mass is 19.3. The monoisotopic (exact) mass is 241 g/mol. The van der Waals surface area contributed by atoms with Gasteiger partial charge in [0.25, 0.3) is 5.92 Å². The summed E-state index contributed by atoms with van der Waals surface area (Å²) in [7, 11) is 0. The minimum Gasteiger partial charge on any atom is -0.330 e. The van der Waals surface area contributed by atoms with Crippen LogP contribution in [0.2, 0.25) is 0 Å². The largest absolute Gasteiger partial charge is 0.330 e. The molecule has 0 aliphatic carbocycles. The van der Waals surface area contributed by atoms with E-state index in [1.807, 2.05) is 26.8 Å². The maximum absolute atomic E-state index is 13.9. The highest BCUT2D eigenvalue weighted by molar-refractivity contribution is 5.31. The van der Waals surface area contributed by atoms with E-state index in [0.717, 1.165) is 5.56 Å². The molecule has 1 nitrogen and oxygen atoms in total. The Balaban J connectivity index is 2.98. The fraction of sp³-hybridized carbons (Fsp3) is 0.571. The average Bonchev–Trinajstić information content (AvgIpc) is 2.25. The summed E-state index contributed by atoms with van der Waals surface area (Å²) in [5.74, 6) is -2.78. The van der Waals surface area contributed by atoms with Crippen molar-refractivity contribution in [2.24, 2.45) is 5.73 Å². The topological polar surface area (TPSA) is 26.0 Å². The highest BCUT2D eigenvalue weighted by Gasteiger charge is 2.31. The lowest BCUT2D eigenvalue weighted by Crippen LogP contribution is -2.18. The molecule has 0 radical (unpaired) electrons. The molecule has 0 fully saturated rings. The van der Waals surface area contributed by atoms with E-state index in [1.165, 1.54) is 6.07 Å². The van der Waals surface area contributed by atoms with Crippen molar-refractivity contribution in [2.45, 2.75) is 45.0 Å². The van der Waals surface area contributed by atoms with Crippen molar-refractivity contribution >= 4 is 0 Å². The van der Waals surface area contributed by atoms with Gasteiger partial charge in [0.15, 0.2) is 0 Å². The lowest BCUT2D eigenvalue weighted by atomic mass is 9.85. The van der Waals surface area contributed by atoms with Gasteiger partial charge >= 0.3 is 0 Å². The van der Waals surface area contributed by atoms with E-state index in [-0.39, 0.29) is 17.4 Å². The molecular formula is C14H21F2N. The summed E-state index contributed by atoms with van der Waals surface area (Å²) in [6, 6.07) is 6.69. The Hall–Kier alpha value is -0.960. The molecule has 96 valence electrons. The molecular weight excluding hydrogens is 220 g/mol. The first kappa shape index (κ1) is 14.1. The van der Waals surface area contributed by atoms with Crippen LogP contribution >= 0.6 is 0 Å². The Labute approximate surface area is 102 Å². The van der Waals surface area contributed by atoms with E-state index >= 15 is 0 Å². The summed E-state index contributed by atoms with van der Waals surface area (Å²) in [6.45, 7) is 6.35. The van der Waals surface area contributed by atoms with Crippen LogP contribution < -0.4 is 5.73 Å². The van der Waals surface area contributed by atoms with Gasteiger partial charge in [0.1, 0.15) is 0 Å². The van der Waals surface area contributed by atoms with Crippen molar-refractivity contribution in [3.63, 3.8) is 0 Å². The van der Waals surface area contributed by atoms with Crippen molar-refractivity contribution in [1.82, 2.24) is 0 Å². The third kappa shape index (κ3) is 3.77. The summed E-state index contributed by atoms with van der Waals surface area (Å²) in [5.41, 5.74) is 6.20. The molecule has 0 bridgehead atoms. The molecule has 0 saturated heterocycles. The van der Waals surface area contributed by atoms with Gasteiger partial charge in [0.05, 0.1) is 0 Å². The number of rotatable bonds is 4. The molecule has 3 heteroatoms. The molecule has 0 heterocycles. The molecule has 1 aromatic carbocycles. The fourth-order valence-corrected chi connectivity index (χ4v) is 1.68. The molecule has 0 saturated carbocycles. The standard InChI is InChI=1S/C14H21F2N/c1-13(2,3)11-6-4-7-12(10-11)14(15,16)8-5-9-17/h4,6-7,10H,5,8-9,17H2,1-3H3. The Bertz CT molecular complexity index is 367. The molecule has 0 aliphatic heterocycles. The number of nitrogens with two attached hydrogens (primary N) is 1. The predicted octanol–water partition coefficient (Wildman–Crippen LogP) is 3.81. The number of hydrogen-bond acceptors (Lipinski definition) is 1. The lowest BCUT2D eigenvalue weighted by Gasteiger charge is -2.22. The van der Waals surface area contributed by atoms with Gasteiger partial charge < -0.3 is 5.73 Å². The van der Waals surface area contributed by atoms with Gasteiger partial charge in [-0.15, -0.1) is 0 Å². The van der Waals surface area contributed by atoms with Crippen molar-refractivity contribution in [3.8, 4) is 0 Å². The van der Waals surface area contributed by atoms with Crippen molar-refractivity contribution in [1.29, 1.82) is 0 Å². The molecule has 0 atom stereocenters. The van der Waals surface area contributed by atoms with Crippen LogP contribution in [0.1, 0.15) is 44.7 Å². The summed E-state index contributed by atoms with van der Waals surface area (Å²) in [6.07, 6.45) is 0.157. The maximum Gasteiger partial charge on any atom is 0.273 e. The summed E-state index contributed by atoms with van der Waals surface area (Å²) < 4.78 is 27.7. The third-order valence-corrected chi connectivity index (χ3v) is 2.85. The SMILES string of the molecule is CC(C)(C)c1cccc(C(F)(F)CCCN)c1. The smallest absolute Gasteiger partial charge is 0.273 e. The van der Waals surface area contributed by atoms with Crippen molar-refractivity contribution in [2.75, 3.05) is 6.54 Å². The Kier molecular flexibility index (Phi) is 4.26. The van der Waals surface area contributed by atoms with Gasteiger partial charge in [0.2, 0.25) is 0 Å².